The molecule has 9 nitrogen and oxygen atoms in total. The highest BCUT2D eigenvalue weighted by Gasteiger charge is 2.33. The number of rotatable bonds is 5. The summed E-state index contributed by atoms with van der Waals surface area (Å²) in [4.78, 5) is 46.3. The minimum Gasteiger partial charge on any atom is -0.478 e. The van der Waals surface area contributed by atoms with Crippen LogP contribution in [0.4, 0.5) is 0 Å². The Kier molecular flexibility index (Phi) is 5.77. The monoisotopic (exact) mass is 462 g/mol. The van der Waals surface area contributed by atoms with Gasteiger partial charge in [0.1, 0.15) is 23.0 Å². The molecule has 0 bridgehead atoms. The zero-order valence-corrected chi connectivity index (χ0v) is 18.0. The standard InChI is InChI=1S/C25H18O9/c1-12(26)32-15-4-7-18-21(10-15)34-22-11-16(33-13(2)27)5-8-19(22)23(18)17-6-3-14(24(28)29)9-20(17)25(30)31/h3-11,23H,1-2H3,(H,28,29)(H,30,31). The van der Waals surface area contributed by atoms with E-state index < -0.39 is 29.8 Å². The molecular weight excluding hydrogens is 444 g/mol. The van der Waals surface area contributed by atoms with Crippen LogP contribution in [0.1, 0.15) is 57.2 Å². The van der Waals surface area contributed by atoms with E-state index in [0.717, 1.165) is 6.07 Å². The predicted octanol–water partition coefficient (Wildman–Crippen LogP) is 4.22. The first-order valence-electron chi connectivity index (χ1n) is 10.1. The molecule has 0 atom stereocenters. The predicted molar refractivity (Wildman–Crippen MR) is 117 cm³/mol. The molecule has 9 heteroatoms. The molecule has 0 saturated heterocycles. The molecule has 0 radical (unpaired) electrons. The third-order valence-electron chi connectivity index (χ3n) is 5.18. The Morgan fingerprint density at radius 1 is 0.706 bits per heavy atom. The fraction of sp³-hybridized carbons (Fsp3) is 0.120. The van der Waals surface area contributed by atoms with Gasteiger partial charge in [0, 0.05) is 43.0 Å². The lowest BCUT2D eigenvalue weighted by molar-refractivity contribution is -0.132. The van der Waals surface area contributed by atoms with Crippen LogP contribution in [0.5, 0.6) is 23.0 Å². The van der Waals surface area contributed by atoms with Crippen molar-refractivity contribution in [2.24, 2.45) is 0 Å². The summed E-state index contributed by atoms with van der Waals surface area (Å²) in [6, 6.07) is 13.3. The van der Waals surface area contributed by atoms with Crippen LogP contribution in [0.2, 0.25) is 0 Å². The van der Waals surface area contributed by atoms with Crippen molar-refractivity contribution in [2.45, 2.75) is 19.8 Å². The van der Waals surface area contributed by atoms with Gasteiger partial charge in [0.25, 0.3) is 0 Å². The number of fused-ring (bicyclic) bond motifs is 2. The fourth-order valence-electron chi connectivity index (χ4n) is 3.89. The van der Waals surface area contributed by atoms with Crippen LogP contribution in [0.25, 0.3) is 0 Å². The molecule has 0 fully saturated rings. The largest absolute Gasteiger partial charge is 0.478 e. The highest BCUT2D eigenvalue weighted by Crippen LogP contribution is 2.50. The summed E-state index contributed by atoms with van der Waals surface area (Å²) in [5.74, 6) is -3.20. The summed E-state index contributed by atoms with van der Waals surface area (Å²) in [6.07, 6.45) is 0. The van der Waals surface area contributed by atoms with Crippen molar-refractivity contribution < 1.29 is 43.6 Å². The number of carboxylic acids is 2. The number of aromatic carboxylic acids is 2. The molecule has 0 unspecified atom stereocenters. The van der Waals surface area contributed by atoms with E-state index in [4.69, 9.17) is 14.2 Å². The maximum atomic E-state index is 12.1. The Morgan fingerprint density at radius 2 is 1.21 bits per heavy atom. The van der Waals surface area contributed by atoms with Gasteiger partial charge >= 0.3 is 23.9 Å². The molecule has 172 valence electrons. The Morgan fingerprint density at radius 3 is 1.65 bits per heavy atom. The number of hydrogen-bond donors (Lipinski definition) is 2. The summed E-state index contributed by atoms with van der Waals surface area (Å²) in [5, 5.41) is 19.2. The Hall–Kier alpha value is -4.66. The van der Waals surface area contributed by atoms with Crippen molar-refractivity contribution in [1.82, 2.24) is 0 Å². The first-order chi connectivity index (χ1) is 16.1. The molecule has 1 heterocycles. The number of carbonyl (C=O) groups excluding carboxylic acids is 2. The topological polar surface area (TPSA) is 136 Å². The number of ether oxygens (including phenoxy) is 3. The van der Waals surface area contributed by atoms with Crippen LogP contribution in [-0.4, -0.2) is 34.1 Å². The van der Waals surface area contributed by atoms with Crippen LogP contribution in [0.15, 0.2) is 54.6 Å². The number of esters is 2. The summed E-state index contributed by atoms with van der Waals surface area (Å²) in [7, 11) is 0. The van der Waals surface area contributed by atoms with E-state index >= 15 is 0 Å². The van der Waals surface area contributed by atoms with Crippen LogP contribution >= 0.6 is 0 Å². The van der Waals surface area contributed by atoms with Crippen molar-refractivity contribution in [3.8, 4) is 23.0 Å². The first-order valence-corrected chi connectivity index (χ1v) is 10.1. The molecule has 1 aliphatic rings. The summed E-state index contributed by atoms with van der Waals surface area (Å²) >= 11 is 0. The van der Waals surface area contributed by atoms with Gasteiger partial charge in [-0.25, -0.2) is 9.59 Å². The normalized spacial score (nSPS) is 12.1. The average Bonchev–Trinajstić information content (AvgIpc) is 2.76. The average molecular weight is 462 g/mol. The molecule has 2 N–H and O–H groups in total. The Labute approximate surface area is 193 Å². The van der Waals surface area contributed by atoms with Crippen molar-refractivity contribution in [3.63, 3.8) is 0 Å². The van der Waals surface area contributed by atoms with E-state index in [9.17, 15) is 29.4 Å². The van der Waals surface area contributed by atoms with Gasteiger partial charge in [-0.15, -0.1) is 0 Å². The number of benzene rings is 3. The second-order valence-corrected chi connectivity index (χ2v) is 7.53. The zero-order valence-electron chi connectivity index (χ0n) is 18.0. The molecular formula is C25H18O9. The third-order valence-corrected chi connectivity index (χ3v) is 5.18. The van der Waals surface area contributed by atoms with Gasteiger partial charge in [0.05, 0.1) is 11.1 Å². The molecule has 0 spiro atoms. The highest BCUT2D eigenvalue weighted by molar-refractivity contribution is 5.95. The summed E-state index contributed by atoms with van der Waals surface area (Å²) in [5.41, 5.74) is 1.15. The third kappa shape index (κ3) is 4.31. The van der Waals surface area contributed by atoms with Crippen LogP contribution in [0.3, 0.4) is 0 Å². The molecule has 4 rings (SSSR count). The van der Waals surface area contributed by atoms with E-state index in [2.05, 4.69) is 0 Å². The van der Waals surface area contributed by atoms with Crippen LogP contribution in [0, 0.1) is 0 Å². The maximum Gasteiger partial charge on any atom is 0.336 e. The van der Waals surface area contributed by atoms with E-state index in [1.807, 2.05) is 0 Å². The lowest BCUT2D eigenvalue weighted by Crippen LogP contribution is -2.16. The van der Waals surface area contributed by atoms with Gasteiger partial charge in [-0.1, -0.05) is 18.2 Å². The Bertz CT molecular complexity index is 1290. The highest BCUT2D eigenvalue weighted by atomic mass is 16.5. The smallest absolute Gasteiger partial charge is 0.336 e. The summed E-state index contributed by atoms with van der Waals surface area (Å²) in [6.45, 7) is 2.51. The van der Waals surface area contributed by atoms with Crippen molar-refractivity contribution in [3.05, 3.63) is 82.4 Å². The second kappa shape index (κ2) is 8.70. The van der Waals surface area contributed by atoms with E-state index in [0.29, 0.717) is 28.2 Å². The molecule has 0 saturated carbocycles. The van der Waals surface area contributed by atoms with E-state index in [1.54, 1.807) is 24.3 Å². The zero-order chi connectivity index (χ0) is 24.6. The van der Waals surface area contributed by atoms with E-state index in [-0.39, 0.29) is 22.6 Å². The van der Waals surface area contributed by atoms with Gasteiger partial charge in [-0.05, 0) is 29.8 Å². The van der Waals surface area contributed by atoms with Gasteiger partial charge in [0.2, 0.25) is 0 Å². The minimum absolute atomic E-state index is 0.163. The van der Waals surface area contributed by atoms with Crippen LogP contribution in [-0.2, 0) is 9.59 Å². The van der Waals surface area contributed by atoms with Gasteiger partial charge < -0.3 is 24.4 Å². The lowest BCUT2D eigenvalue weighted by Gasteiger charge is -2.30. The number of carboxylic acid groups (broad SMARTS) is 2. The quantitative estimate of drug-likeness (QED) is 0.330. The molecule has 3 aromatic rings. The van der Waals surface area contributed by atoms with Crippen molar-refractivity contribution in [2.75, 3.05) is 0 Å². The van der Waals surface area contributed by atoms with Gasteiger partial charge in [0.15, 0.2) is 0 Å². The summed E-state index contributed by atoms with van der Waals surface area (Å²) < 4.78 is 16.3. The Balaban J connectivity index is 1.94. The molecule has 34 heavy (non-hydrogen) atoms. The fourth-order valence-corrected chi connectivity index (χ4v) is 3.89. The maximum absolute atomic E-state index is 12.1. The molecule has 0 amide bonds. The van der Waals surface area contributed by atoms with Crippen molar-refractivity contribution >= 4 is 23.9 Å². The van der Waals surface area contributed by atoms with Gasteiger partial charge in [-0.3, -0.25) is 9.59 Å². The lowest BCUT2D eigenvalue weighted by atomic mass is 9.80. The van der Waals surface area contributed by atoms with Gasteiger partial charge in [-0.2, -0.15) is 0 Å². The number of carbonyl (C=O) groups is 4. The SMILES string of the molecule is CC(=O)Oc1ccc2c(c1)Oc1cc(OC(C)=O)ccc1C2c1ccc(C(=O)O)cc1C(=O)O. The second-order valence-electron chi connectivity index (χ2n) is 7.53. The first kappa shape index (κ1) is 22.5. The molecule has 0 aliphatic carbocycles. The molecule has 1 aliphatic heterocycles. The molecule has 3 aromatic carbocycles. The van der Waals surface area contributed by atoms with E-state index in [1.165, 1.54) is 38.1 Å². The minimum atomic E-state index is -1.29. The van der Waals surface area contributed by atoms with Crippen molar-refractivity contribution in [1.29, 1.82) is 0 Å². The molecule has 0 aromatic heterocycles. The number of hydrogen-bond acceptors (Lipinski definition) is 7. The van der Waals surface area contributed by atoms with Crippen LogP contribution < -0.4 is 14.2 Å².